The van der Waals surface area contributed by atoms with Crippen molar-refractivity contribution in [1.82, 2.24) is 9.88 Å². The average molecular weight is 459 g/mol. The number of carbonyl (C=O) groups is 2. The molecule has 1 fully saturated rings. The number of halogens is 3. The molecule has 0 unspecified atom stereocenters. The number of benzene rings is 2. The maximum atomic E-state index is 13.2. The van der Waals surface area contributed by atoms with Crippen molar-refractivity contribution in [3.05, 3.63) is 53.7 Å². The highest BCUT2D eigenvalue weighted by Crippen LogP contribution is 2.35. The quantitative estimate of drug-likeness (QED) is 0.602. The van der Waals surface area contributed by atoms with Crippen LogP contribution in [0.5, 0.6) is 11.5 Å². The summed E-state index contributed by atoms with van der Waals surface area (Å²) in [5, 5.41) is 0.609. The fraction of sp³-hybridized carbons (Fsp3) is 0.304. The number of imide groups is 1. The first kappa shape index (κ1) is 21.3. The standard InChI is InChI=1S/C23H20F3N3O4/c1-32-14-4-2-3-13(9-14)29-21(30)11-20(22(29)31)28-8-7-19-17(12-28)16-10-15(33-23(24,25)26)5-6-18(16)27-19/h2-6,9-10,20,27H,7-8,11-12H2,1H3/t20-/m1/s1. The first-order valence-electron chi connectivity index (χ1n) is 10.4. The molecule has 1 N–H and O–H groups in total. The van der Waals surface area contributed by atoms with Crippen LogP contribution in [0, 0.1) is 0 Å². The number of fused-ring (bicyclic) bond motifs is 3. The molecule has 2 aliphatic heterocycles. The van der Waals surface area contributed by atoms with Gasteiger partial charge in [0.05, 0.1) is 25.3 Å². The topological polar surface area (TPSA) is 74.9 Å². The van der Waals surface area contributed by atoms with E-state index in [1.54, 1.807) is 30.3 Å². The van der Waals surface area contributed by atoms with E-state index < -0.39 is 12.4 Å². The van der Waals surface area contributed by atoms with Crippen molar-refractivity contribution in [1.29, 1.82) is 0 Å². The highest BCUT2D eigenvalue weighted by molar-refractivity contribution is 6.22. The summed E-state index contributed by atoms with van der Waals surface area (Å²) in [5.74, 6) is -0.387. The average Bonchev–Trinajstić information content (AvgIpc) is 3.28. The smallest absolute Gasteiger partial charge is 0.497 e. The normalized spacial score (nSPS) is 19.3. The second kappa shape index (κ2) is 7.80. The molecule has 5 rings (SSSR count). The Hall–Kier alpha value is -3.53. The summed E-state index contributed by atoms with van der Waals surface area (Å²) in [6, 6.07) is 10.3. The Kier molecular flexibility index (Phi) is 5.04. The summed E-state index contributed by atoms with van der Waals surface area (Å²) in [4.78, 5) is 32.3. The number of ether oxygens (including phenoxy) is 2. The first-order valence-corrected chi connectivity index (χ1v) is 10.4. The number of nitrogens with one attached hydrogen (secondary N) is 1. The van der Waals surface area contributed by atoms with E-state index in [1.165, 1.54) is 24.1 Å². The van der Waals surface area contributed by atoms with Crippen LogP contribution < -0.4 is 14.4 Å². The number of aromatic nitrogens is 1. The van der Waals surface area contributed by atoms with Gasteiger partial charge in [0.15, 0.2) is 0 Å². The molecule has 172 valence electrons. The molecule has 2 amide bonds. The molecule has 10 heteroatoms. The summed E-state index contributed by atoms with van der Waals surface area (Å²) in [6.45, 7) is 0.877. The van der Waals surface area contributed by atoms with Crippen LogP contribution in [-0.2, 0) is 22.6 Å². The highest BCUT2D eigenvalue weighted by Gasteiger charge is 2.44. The van der Waals surface area contributed by atoms with Gasteiger partial charge in [-0.3, -0.25) is 14.5 Å². The number of carbonyl (C=O) groups excluding carboxylic acids is 2. The molecule has 7 nitrogen and oxygen atoms in total. The second-order valence-corrected chi connectivity index (χ2v) is 8.05. The van der Waals surface area contributed by atoms with E-state index in [9.17, 15) is 22.8 Å². The Morgan fingerprint density at radius 2 is 1.91 bits per heavy atom. The fourth-order valence-electron chi connectivity index (χ4n) is 4.60. The molecule has 3 aromatic rings. The molecule has 2 aliphatic rings. The molecular formula is C23H20F3N3O4. The fourth-order valence-corrected chi connectivity index (χ4v) is 4.60. The van der Waals surface area contributed by atoms with Gasteiger partial charge in [0.1, 0.15) is 11.5 Å². The summed E-state index contributed by atoms with van der Waals surface area (Å²) in [6.07, 6.45) is -4.16. The van der Waals surface area contributed by atoms with Crippen molar-refractivity contribution in [3.8, 4) is 11.5 Å². The molecule has 33 heavy (non-hydrogen) atoms. The minimum atomic E-state index is -4.78. The Bertz CT molecular complexity index is 1250. The monoisotopic (exact) mass is 459 g/mol. The van der Waals surface area contributed by atoms with E-state index in [0.717, 1.165) is 11.3 Å². The molecule has 1 atom stereocenters. The molecule has 0 radical (unpaired) electrons. The van der Waals surface area contributed by atoms with Gasteiger partial charge in [-0.15, -0.1) is 13.2 Å². The van der Waals surface area contributed by atoms with E-state index >= 15 is 0 Å². The van der Waals surface area contributed by atoms with Crippen molar-refractivity contribution < 1.29 is 32.2 Å². The Morgan fingerprint density at radius 1 is 1.09 bits per heavy atom. The molecule has 0 aliphatic carbocycles. The van der Waals surface area contributed by atoms with Crippen molar-refractivity contribution in [2.45, 2.75) is 31.8 Å². The van der Waals surface area contributed by atoms with Crippen LogP contribution in [0.1, 0.15) is 17.7 Å². The van der Waals surface area contributed by atoms with Crippen molar-refractivity contribution in [3.63, 3.8) is 0 Å². The third kappa shape index (κ3) is 3.91. The van der Waals surface area contributed by atoms with E-state index in [4.69, 9.17) is 4.74 Å². The van der Waals surface area contributed by atoms with Crippen LogP contribution in [0.25, 0.3) is 10.9 Å². The predicted molar refractivity (Wildman–Crippen MR) is 113 cm³/mol. The third-order valence-electron chi connectivity index (χ3n) is 6.08. The lowest BCUT2D eigenvalue weighted by atomic mass is 10.0. The summed E-state index contributed by atoms with van der Waals surface area (Å²) < 4.78 is 47.2. The zero-order valence-corrected chi connectivity index (χ0v) is 17.6. The van der Waals surface area contributed by atoms with Crippen molar-refractivity contribution in [2.75, 3.05) is 18.6 Å². The lowest BCUT2D eigenvalue weighted by Gasteiger charge is -2.31. The molecule has 2 aromatic carbocycles. The van der Waals surface area contributed by atoms with Gasteiger partial charge < -0.3 is 14.5 Å². The Balaban J connectivity index is 1.41. The zero-order valence-electron chi connectivity index (χ0n) is 17.6. The number of alkyl halides is 3. The SMILES string of the molecule is COc1cccc(N2C(=O)C[C@@H](N3CCc4[nH]c5ccc(OC(F)(F)F)cc5c4C3)C2=O)c1. The third-order valence-corrected chi connectivity index (χ3v) is 6.08. The number of aromatic amines is 1. The molecule has 1 aromatic heterocycles. The van der Waals surface area contributed by atoms with Crippen LogP contribution in [-0.4, -0.2) is 47.8 Å². The van der Waals surface area contributed by atoms with Crippen LogP contribution in [0.2, 0.25) is 0 Å². The van der Waals surface area contributed by atoms with Crippen LogP contribution in [0.15, 0.2) is 42.5 Å². The number of hydrogen-bond donors (Lipinski definition) is 1. The zero-order chi connectivity index (χ0) is 23.3. The molecule has 1 saturated heterocycles. The number of H-pyrrole nitrogens is 1. The maximum Gasteiger partial charge on any atom is 0.573 e. The maximum absolute atomic E-state index is 13.2. The minimum Gasteiger partial charge on any atom is -0.497 e. The number of rotatable bonds is 4. The highest BCUT2D eigenvalue weighted by atomic mass is 19.4. The minimum absolute atomic E-state index is 0.0379. The number of hydrogen-bond acceptors (Lipinski definition) is 5. The van der Waals surface area contributed by atoms with Gasteiger partial charge in [-0.2, -0.15) is 0 Å². The Morgan fingerprint density at radius 3 is 2.67 bits per heavy atom. The molecule has 3 heterocycles. The number of methoxy groups -OCH3 is 1. The Labute approximate surface area is 186 Å². The van der Waals surface area contributed by atoms with Gasteiger partial charge in [-0.1, -0.05) is 6.07 Å². The second-order valence-electron chi connectivity index (χ2n) is 8.05. The van der Waals surface area contributed by atoms with E-state index in [1.807, 2.05) is 4.90 Å². The molecular weight excluding hydrogens is 439 g/mol. The molecule has 0 spiro atoms. The lowest BCUT2D eigenvalue weighted by molar-refractivity contribution is -0.274. The van der Waals surface area contributed by atoms with Gasteiger partial charge in [0.25, 0.3) is 5.91 Å². The van der Waals surface area contributed by atoms with Crippen LogP contribution >= 0.6 is 0 Å². The number of anilines is 1. The summed E-state index contributed by atoms with van der Waals surface area (Å²) >= 11 is 0. The molecule has 0 bridgehead atoms. The van der Waals surface area contributed by atoms with Gasteiger partial charge in [0, 0.05) is 42.2 Å². The largest absolute Gasteiger partial charge is 0.573 e. The van der Waals surface area contributed by atoms with E-state index in [0.29, 0.717) is 41.9 Å². The summed E-state index contributed by atoms with van der Waals surface area (Å²) in [7, 11) is 1.51. The first-order chi connectivity index (χ1) is 15.7. The number of nitrogens with zero attached hydrogens (tertiary/aromatic N) is 2. The summed E-state index contributed by atoms with van der Waals surface area (Å²) in [5.41, 5.74) is 2.87. The van der Waals surface area contributed by atoms with Crippen LogP contribution in [0.3, 0.4) is 0 Å². The van der Waals surface area contributed by atoms with E-state index in [-0.39, 0.29) is 24.0 Å². The van der Waals surface area contributed by atoms with Gasteiger partial charge >= 0.3 is 6.36 Å². The van der Waals surface area contributed by atoms with Crippen LogP contribution in [0.4, 0.5) is 18.9 Å². The number of amides is 2. The van der Waals surface area contributed by atoms with Gasteiger partial charge in [-0.05, 0) is 35.9 Å². The van der Waals surface area contributed by atoms with Crippen molar-refractivity contribution in [2.24, 2.45) is 0 Å². The van der Waals surface area contributed by atoms with Gasteiger partial charge in [0.2, 0.25) is 5.91 Å². The predicted octanol–water partition coefficient (Wildman–Crippen LogP) is 3.77. The molecule has 0 saturated carbocycles. The van der Waals surface area contributed by atoms with Crippen molar-refractivity contribution >= 4 is 28.4 Å². The van der Waals surface area contributed by atoms with E-state index in [2.05, 4.69) is 9.72 Å². The van der Waals surface area contributed by atoms with Gasteiger partial charge in [-0.25, -0.2) is 4.90 Å². The lowest BCUT2D eigenvalue weighted by Crippen LogP contribution is -2.44.